The SMILES string of the molecule is CS(=O)(=O)c1ccc(CN2CCN(C3CCN(c4nnc(C(F)(F)F)s4)CC3)C2=O)c(F)c1. The van der Waals surface area contributed by atoms with Gasteiger partial charge >= 0.3 is 12.2 Å². The summed E-state index contributed by atoms with van der Waals surface area (Å²) in [7, 11) is -3.53. The van der Waals surface area contributed by atoms with Gasteiger partial charge in [-0.1, -0.05) is 17.4 Å². The van der Waals surface area contributed by atoms with E-state index in [0.717, 1.165) is 12.3 Å². The van der Waals surface area contributed by atoms with Crippen LogP contribution >= 0.6 is 11.3 Å². The van der Waals surface area contributed by atoms with Gasteiger partial charge in [0, 0.05) is 44.0 Å². The van der Waals surface area contributed by atoms with Crippen LogP contribution < -0.4 is 4.90 Å². The smallest absolute Gasteiger partial charge is 0.346 e. The Kier molecular flexibility index (Phi) is 6.24. The summed E-state index contributed by atoms with van der Waals surface area (Å²) in [6, 6.07) is 3.33. The number of halogens is 4. The van der Waals surface area contributed by atoms with Crippen molar-refractivity contribution >= 4 is 32.3 Å². The summed E-state index contributed by atoms with van der Waals surface area (Å²) in [4.78, 5) is 17.7. The van der Waals surface area contributed by atoms with Crippen LogP contribution in [0.1, 0.15) is 23.4 Å². The Bertz CT molecular complexity index is 1150. The normalized spacial score (nSPS) is 18.5. The first-order valence-electron chi connectivity index (χ1n) is 10.1. The molecular weight excluding hydrogens is 486 g/mol. The van der Waals surface area contributed by atoms with Crippen molar-refractivity contribution in [1.29, 1.82) is 0 Å². The molecule has 2 aromatic rings. The Hall–Kier alpha value is -2.48. The third-order valence-corrected chi connectivity index (χ3v) is 7.91. The lowest BCUT2D eigenvalue weighted by Gasteiger charge is -2.36. The molecular formula is C19H21F4N5O3S2. The molecule has 3 heterocycles. The lowest BCUT2D eigenvalue weighted by molar-refractivity contribution is -0.138. The Morgan fingerprint density at radius 2 is 1.82 bits per heavy atom. The maximum atomic E-state index is 14.4. The maximum absolute atomic E-state index is 14.4. The van der Waals surface area contributed by atoms with Gasteiger partial charge in [0.25, 0.3) is 0 Å². The number of carbonyl (C=O) groups excluding carboxylic acids is 1. The summed E-state index contributed by atoms with van der Waals surface area (Å²) in [6.07, 6.45) is -2.39. The summed E-state index contributed by atoms with van der Waals surface area (Å²) in [5.74, 6) is -0.687. The lowest BCUT2D eigenvalue weighted by Crippen LogP contribution is -2.46. The van der Waals surface area contributed by atoms with E-state index >= 15 is 0 Å². The molecule has 14 heteroatoms. The minimum atomic E-state index is -4.52. The van der Waals surface area contributed by atoms with Gasteiger partial charge in [-0.3, -0.25) is 0 Å². The topological polar surface area (TPSA) is 86.7 Å². The first-order valence-corrected chi connectivity index (χ1v) is 12.8. The minimum Gasteiger partial charge on any atom is -0.346 e. The second-order valence-electron chi connectivity index (χ2n) is 8.03. The van der Waals surface area contributed by atoms with Crippen molar-refractivity contribution in [1.82, 2.24) is 20.0 Å². The summed E-state index contributed by atoms with van der Waals surface area (Å²) in [5, 5.41) is 6.09. The van der Waals surface area contributed by atoms with E-state index in [4.69, 9.17) is 0 Å². The van der Waals surface area contributed by atoms with Gasteiger partial charge in [0.05, 0.1) is 11.4 Å². The van der Waals surface area contributed by atoms with Gasteiger partial charge in [0.1, 0.15) is 5.82 Å². The fourth-order valence-corrected chi connectivity index (χ4v) is 5.40. The van der Waals surface area contributed by atoms with Gasteiger partial charge < -0.3 is 14.7 Å². The van der Waals surface area contributed by atoms with E-state index in [0.29, 0.717) is 50.4 Å². The predicted molar refractivity (Wildman–Crippen MR) is 112 cm³/mol. The van der Waals surface area contributed by atoms with Crippen LogP contribution in [0.2, 0.25) is 0 Å². The van der Waals surface area contributed by atoms with Gasteiger partial charge in [0.2, 0.25) is 10.1 Å². The van der Waals surface area contributed by atoms with Crippen LogP contribution in [0.25, 0.3) is 0 Å². The van der Waals surface area contributed by atoms with E-state index in [2.05, 4.69) is 10.2 Å². The second-order valence-corrected chi connectivity index (χ2v) is 11.0. The van der Waals surface area contributed by atoms with Crippen molar-refractivity contribution in [2.75, 3.05) is 37.3 Å². The molecule has 1 aromatic heterocycles. The monoisotopic (exact) mass is 507 g/mol. The van der Waals surface area contributed by atoms with Crippen molar-refractivity contribution in [3.63, 3.8) is 0 Å². The van der Waals surface area contributed by atoms with Gasteiger partial charge in [-0.2, -0.15) is 13.2 Å². The second kappa shape index (κ2) is 8.70. The number of rotatable bonds is 5. The molecule has 0 unspecified atom stereocenters. The van der Waals surface area contributed by atoms with Crippen LogP contribution in [0.5, 0.6) is 0 Å². The first kappa shape index (κ1) is 23.7. The molecule has 0 N–H and O–H groups in total. The number of piperidine rings is 1. The number of nitrogens with zero attached hydrogens (tertiary/aromatic N) is 5. The molecule has 2 fully saturated rings. The number of alkyl halides is 3. The summed E-state index contributed by atoms with van der Waals surface area (Å²) in [6.45, 7) is 1.78. The molecule has 0 bridgehead atoms. The highest BCUT2D eigenvalue weighted by atomic mass is 32.2. The Balaban J connectivity index is 1.35. The molecule has 2 amide bonds. The molecule has 180 valence electrons. The highest BCUT2D eigenvalue weighted by molar-refractivity contribution is 7.90. The van der Waals surface area contributed by atoms with Crippen LogP contribution in [-0.2, 0) is 22.6 Å². The minimum absolute atomic E-state index is 0.0229. The van der Waals surface area contributed by atoms with E-state index in [1.807, 2.05) is 0 Å². The Morgan fingerprint density at radius 1 is 1.12 bits per heavy atom. The lowest BCUT2D eigenvalue weighted by atomic mass is 10.0. The van der Waals surface area contributed by atoms with Gasteiger partial charge in [-0.05, 0) is 25.0 Å². The molecule has 4 rings (SSSR count). The number of carbonyl (C=O) groups is 1. The van der Waals surface area contributed by atoms with Crippen molar-refractivity contribution in [3.8, 4) is 0 Å². The number of aromatic nitrogens is 2. The summed E-state index contributed by atoms with van der Waals surface area (Å²) < 4.78 is 75.8. The van der Waals surface area contributed by atoms with Crippen LogP contribution in [-0.4, -0.2) is 72.9 Å². The Morgan fingerprint density at radius 3 is 2.39 bits per heavy atom. The number of hydrogen-bond donors (Lipinski definition) is 0. The predicted octanol–water partition coefficient (Wildman–Crippen LogP) is 3.01. The third kappa shape index (κ3) is 5.05. The molecule has 0 saturated carbocycles. The molecule has 0 spiro atoms. The molecule has 8 nitrogen and oxygen atoms in total. The summed E-state index contributed by atoms with van der Waals surface area (Å²) >= 11 is 0.503. The standard InChI is InChI=1S/C19H21F4N5O3S2/c1-33(30,31)14-3-2-12(15(20)10-14)11-27-8-9-28(18(27)29)13-4-6-26(7-5-13)17-25-24-16(32-17)19(21,22)23/h2-3,10,13H,4-9,11H2,1H3. The zero-order valence-electron chi connectivity index (χ0n) is 17.5. The molecule has 2 aliphatic heterocycles. The van der Waals surface area contributed by atoms with Crippen molar-refractivity contribution in [2.24, 2.45) is 0 Å². The summed E-state index contributed by atoms with van der Waals surface area (Å²) in [5.41, 5.74) is 0.226. The van der Waals surface area contributed by atoms with E-state index in [9.17, 15) is 30.8 Å². The van der Waals surface area contributed by atoms with E-state index < -0.39 is 26.8 Å². The molecule has 2 saturated heterocycles. The van der Waals surface area contributed by atoms with Crippen molar-refractivity contribution in [2.45, 2.75) is 36.5 Å². The largest absolute Gasteiger partial charge is 0.445 e. The number of benzene rings is 1. The van der Waals surface area contributed by atoms with Gasteiger partial charge in [0.15, 0.2) is 9.84 Å². The van der Waals surface area contributed by atoms with E-state index in [1.165, 1.54) is 17.0 Å². The maximum Gasteiger partial charge on any atom is 0.445 e. The molecule has 0 aliphatic carbocycles. The quantitative estimate of drug-likeness (QED) is 0.579. The average Bonchev–Trinajstić information content (AvgIpc) is 3.37. The van der Waals surface area contributed by atoms with Gasteiger partial charge in [-0.15, -0.1) is 10.2 Å². The van der Waals surface area contributed by atoms with Gasteiger partial charge in [-0.25, -0.2) is 17.6 Å². The zero-order valence-corrected chi connectivity index (χ0v) is 19.2. The Labute approximate surface area is 191 Å². The molecule has 2 aliphatic rings. The van der Waals surface area contributed by atoms with Crippen LogP contribution in [0.3, 0.4) is 0 Å². The molecule has 0 atom stereocenters. The van der Waals surface area contributed by atoms with Crippen LogP contribution in [0, 0.1) is 5.82 Å². The molecule has 33 heavy (non-hydrogen) atoms. The first-order chi connectivity index (χ1) is 15.4. The number of urea groups is 1. The van der Waals surface area contributed by atoms with E-state index in [-0.39, 0.29) is 34.2 Å². The fourth-order valence-electron chi connectivity index (χ4n) is 4.01. The number of anilines is 1. The highest BCUT2D eigenvalue weighted by Crippen LogP contribution is 2.35. The number of sulfone groups is 1. The van der Waals surface area contributed by atoms with Crippen LogP contribution in [0.4, 0.5) is 27.5 Å². The average molecular weight is 508 g/mol. The van der Waals surface area contributed by atoms with E-state index in [1.54, 1.807) is 9.80 Å². The zero-order chi connectivity index (χ0) is 24.0. The number of amides is 2. The fraction of sp³-hybridized carbons (Fsp3) is 0.526. The molecule has 1 aromatic carbocycles. The third-order valence-electron chi connectivity index (χ3n) is 5.77. The van der Waals surface area contributed by atoms with Crippen LogP contribution in [0.15, 0.2) is 23.1 Å². The van der Waals surface area contributed by atoms with Crippen molar-refractivity contribution < 1.29 is 30.8 Å². The van der Waals surface area contributed by atoms with Crippen molar-refractivity contribution in [3.05, 3.63) is 34.6 Å². The molecule has 0 radical (unpaired) electrons. The highest BCUT2D eigenvalue weighted by Gasteiger charge is 2.38. The number of hydrogen-bond acceptors (Lipinski definition) is 7.